The molecule has 4 aromatic rings. The van der Waals surface area contributed by atoms with Crippen molar-refractivity contribution in [3.05, 3.63) is 66.7 Å². The van der Waals surface area contributed by atoms with Crippen LogP contribution < -0.4 is 4.74 Å². The topological polar surface area (TPSA) is 66.0 Å². The molecule has 7 heteroatoms. The van der Waals surface area contributed by atoms with E-state index >= 15 is 0 Å². The van der Waals surface area contributed by atoms with E-state index in [0.717, 1.165) is 27.7 Å². The van der Waals surface area contributed by atoms with Crippen LogP contribution in [0.25, 0.3) is 22.6 Å². The Morgan fingerprint density at radius 1 is 1.07 bits per heavy atom. The number of aromatic nitrogens is 4. The average molecular weight is 392 g/mol. The van der Waals surface area contributed by atoms with E-state index in [1.165, 1.54) is 0 Å². The number of hydrogen-bond acceptors (Lipinski definition) is 6. The average Bonchev–Trinajstić information content (AvgIpc) is 3.34. The van der Waals surface area contributed by atoms with Gasteiger partial charge in [0.05, 0.1) is 29.8 Å². The molecule has 0 atom stereocenters. The lowest BCUT2D eigenvalue weighted by Crippen LogP contribution is -1.95. The summed E-state index contributed by atoms with van der Waals surface area (Å²) in [6.45, 7) is 2.53. The van der Waals surface area contributed by atoms with Crippen LogP contribution in [-0.2, 0) is 12.8 Å². The van der Waals surface area contributed by atoms with Gasteiger partial charge in [0.2, 0.25) is 11.7 Å². The fourth-order valence-electron chi connectivity index (χ4n) is 2.89. The van der Waals surface area contributed by atoms with Gasteiger partial charge in [-0.2, -0.15) is 4.98 Å². The molecule has 0 aliphatic heterocycles. The van der Waals surface area contributed by atoms with Gasteiger partial charge in [-0.1, -0.05) is 59.4 Å². The molecule has 2 heterocycles. The molecule has 0 spiro atoms. The molecule has 0 amide bonds. The Labute approximate surface area is 167 Å². The summed E-state index contributed by atoms with van der Waals surface area (Å²) in [5.74, 6) is 2.38. The Hall–Kier alpha value is -3.06. The van der Waals surface area contributed by atoms with Gasteiger partial charge in [0.25, 0.3) is 0 Å². The van der Waals surface area contributed by atoms with Crippen LogP contribution in [0.5, 0.6) is 5.75 Å². The zero-order valence-corrected chi connectivity index (χ0v) is 16.5. The highest BCUT2D eigenvalue weighted by Gasteiger charge is 2.15. The van der Waals surface area contributed by atoms with Gasteiger partial charge in [-0.15, -0.1) is 0 Å². The first-order chi connectivity index (χ1) is 13.8. The number of ether oxygens (including phenoxy) is 1. The minimum Gasteiger partial charge on any atom is -0.493 e. The number of nitrogens with zero attached hydrogens (tertiary/aromatic N) is 4. The summed E-state index contributed by atoms with van der Waals surface area (Å²) in [7, 11) is 2.01. The van der Waals surface area contributed by atoms with Crippen molar-refractivity contribution in [1.29, 1.82) is 0 Å². The molecular formula is C21H20N4O2S. The van der Waals surface area contributed by atoms with E-state index in [4.69, 9.17) is 9.26 Å². The zero-order valence-electron chi connectivity index (χ0n) is 15.7. The minimum atomic E-state index is 0.532. The van der Waals surface area contributed by atoms with E-state index < -0.39 is 0 Å². The number of thioether (sulfide) groups is 1. The largest absolute Gasteiger partial charge is 0.493 e. The molecule has 0 aliphatic rings. The number of imidazole rings is 1. The molecule has 0 saturated heterocycles. The van der Waals surface area contributed by atoms with Gasteiger partial charge in [0.15, 0.2) is 5.16 Å². The van der Waals surface area contributed by atoms with E-state index in [0.29, 0.717) is 24.1 Å². The first-order valence-corrected chi connectivity index (χ1v) is 9.99. The van der Waals surface area contributed by atoms with Crippen LogP contribution in [0.15, 0.2) is 70.5 Å². The molecular weight excluding hydrogens is 372 g/mol. The van der Waals surface area contributed by atoms with Gasteiger partial charge in [-0.3, -0.25) is 0 Å². The van der Waals surface area contributed by atoms with Crippen LogP contribution in [0.2, 0.25) is 0 Å². The number of rotatable bonds is 7. The van der Waals surface area contributed by atoms with Crippen molar-refractivity contribution in [2.75, 3.05) is 6.61 Å². The summed E-state index contributed by atoms with van der Waals surface area (Å²) in [5, 5.41) is 5.01. The van der Waals surface area contributed by atoms with Gasteiger partial charge in [-0.25, -0.2) is 4.98 Å². The lowest BCUT2D eigenvalue weighted by atomic mass is 10.2. The zero-order chi connectivity index (χ0) is 19.3. The molecule has 0 fully saturated rings. The number of hydrogen-bond donors (Lipinski definition) is 0. The smallest absolute Gasteiger partial charge is 0.237 e. The molecule has 0 unspecified atom stereocenters. The third-order valence-electron chi connectivity index (χ3n) is 4.24. The Balaban J connectivity index is 1.48. The van der Waals surface area contributed by atoms with Crippen LogP contribution in [0.1, 0.15) is 12.8 Å². The van der Waals surface area contributed by atoms with Crippen molar-refractivity contribution in [2.24, 2.45) is 7.05 Å². The van der Waals surface area contributed by atoms with Crippen molar-refractivity contribution >= 4 is 11.8 Å². The lowest BCUT2D eigenvalue weighted by Gasteiger charge is -2.06. The third kappa shape index (κ3) is 3.80. The Bertz CT molecular complexity index is 1060. The number of para-hydroxylation sites is 1. The summed E-state index contributed by atoms with van der Waals surface area (Å²) in [6, 6.07) is 17.9. The Kier molecular flexibility index (Phi) is 5.43. The first-order valence-electron chi connectivity index (χ1n) is 9.01. The van der Waals surface area contributed by atoms with Crippen LogP contribution in [-0.4, -0.2) is 26.3 Å². The van der Waals surface area contributed by atoms with Crippen molar-refractivity contribution in [2.45, 2.75) is 17.8 Å². The molecule has 28 heavy (non-hydrogen) atoms. The predicted octanol–water partition coefficient (Wildman–Crippen LogP) is 4.83. The molecule has 0 N–H and O–H groups in total. The quantitative estimate of drug-likeness (QED) is 0.420. The van der Waals surface area contributed by atoms with Gasteiger partial charge >= 0.3 is 0 Å². The van der Waals surface area contributed by atoms with Crippen LogP contribution in [0, 0.1) is 0 Å². The van der Waals surface area contributed by atoms with Gasteiger partial charge in [0.1, 0.15) is 5.75 Å². The second kappa shape index (κ2) is 8.31. The molecule has 0 saturated carbocycles. The fourth-order valence-corrected chi connectivity index (χ4v) is 3.67. The predicted molar refractivity (Wildman–Crippen MR) is 109 cm³/mol. The SMILES string of the molecule is CCOc1ccccc1-c1noc(CSc2ncc(-c3ccccc3)n2C)n1. The second-order valence-corrected chi connectivity index (χ2v) is 7.02. The van der Waals surface area contributed by atoms with Crippen LogP contribution >= 0.6 is 11.8 Å². The summed E-state index contributed by atoms with van der Waals surface area (Å²) in [5.41, 5.74) is 3.03. The van der Waals surface area contributed by atoms with E-state index in [9.17, 15) is 0 Å². The molecule has 2 aromatic carbocycles. The molecule has 0 radical (unpaired) electrons. The second-order valence-electron chi connectivity index (χ2n) is 6.08. The maximum absolute atomic E-state index is 5.65. The Morgan fingerprint density at radius 3 is 2.68 bits per heavy atom. The molecule has 6 nitrogen and oxygen atoms in total. The third-order valence-corrected chi connectivity index (χ3v) is 5.26. The first kappa shape index (κ1) is 18.3. The maximum atomic E-state index is 5.65. The Morgan fingerprint density at radius 2 is 1.86 bits per heavy atom. The molecule has 0 aliphatic carbocycles. The van der Waals surface area contributed by atoms with Crippen molar-refractivity contribution in [3.8, 4) is 28.4 Å². The summed E-state index contributed by atoms with van der Waals surface area (Å²) in [6.07, 6.45) is 1.88. The van der Waals surface area contributed by atoms with Gasteiger partial charge in [0, 0.05) is 7.05 Å². The van der Waals surface area contributed by atoms with E-state index in [1.807, 2.05) is 62.6 Å². The molecule has 4 rings (SSSR count). The van der Waals surface area contributed by atoms with Crippen LogP contribution in [0.3, 0.4) is 0 Å². The molecule has 2 aromatic heterocycles. The monoisotopic (exact) mass is 392 g/mol. The van der Waals surface area contributed by atoms with E-state index in [1.54, 1.807) is 11.8 Å². The van der Waals surface area contributed by atoms with E-state index in [2.05, 4.69) is 31.8 Å². The minimum absolute atomic E-state index is 0.532. The highest BCUT2D eigenvalue weighted by Crippen LogP contribution is 2.30. The highest BCUT2D eigenvalue weighted by molar-refractivity contribution is 7.98. The highest BCUT2D eigenvalue weighted by atomic mass is 32.2. The van der Waals surface area contributed by atoms with Gasteiger partial charge in [-0.05, 0) is 24.6 Å². The summed E-state index contributed by atoms with van der Waals surface area (Å²) >= 11 is 1.56. The van der Waals surface area contributed by atoms with Crippen LogP contribution in [0.4, 0.5) is 0 Å². The van der Waals surface area contributed by atoms with Crippen molar-refractivity contribution < 1.29 is 9.26 Å². The van der Waals surface area contributed by atoms with E-state index in [-0.39, 0.29) is 0 Å². The van der Waals surface area contributed by atoms with Crippen molar-refractivity contribution in [3.63, 3.8) is 0 Å². The van der Waals surface area contributed by atoms with Crippen molar-refractivity contribution in [1.82, 2.24) is 19.7 Å². The number of benzene rings is 2. The lowest BCUT2D eigenvalue weighted by molar-refractivity contribution is 0.341. The maximum Gasteiger partial charge on any atom is 0.237 e. The molecule has 142 valence electrons. The normalized spacial score (nSPS) is 10.9. The molecule has 0 bridgehead atoms. The summed E-state index contributed by atoms with van der Waals surface area (Å²) in [4.78, 5) is 9.04. The fraction of sp³-hybridized carbons (Fsp3) is 0.190. The standard InChI is InChI=1S/C21H20N4O2S/c1-3-26-18-12-8-7-11-16(18)20-23-19(27-24-20)14-28-21-22-13-17(25(21)2)15-9-5-4-6-10-15/h4-13H,3,14H2,1-2H3. The summed E-state index contributed by atoms with van der Waals surface area (Å²) < 4.78 is 13.2. The van der Waals surface area contributed by atoms with Gasteiger partial charge < -0.3 is 13.8 Å².